The number of hydrogen-bond donors (Lipinski definition) is 0. The van der Waals surface area contributed by atoms with E-state index in [1.165, 1.54) is 18.1 Å². The zero-order chi connectivity index (χ0) is 23.1. The molecule has 1 aliphatic rings. The summed E-state index contributed by atoms with van der Waals surface area (Å²) in [6.07, 6.45) is 1.38. The third kappa shape index (κ3) is 5.61. The highest BCUT2D eigenvalue weighted by molar-refractivity contribution is 8.18. The monoisotopic (exact) mass is 456 g/mol. The van der Waals surface area contributed by atoms with Crippen LogP contribution < -0.4 is 0 Å². The highest BCUT2D eigenvalue weighted by Gasteiger charge is 2.34. The van der Waals surface area contributed by atoms with Gasteiger partial charge in [-0.3, -0.25) is 9.69 Å². The molecule has 1 amide bonds. The predicted molar refractivity (Wildman–Crippen MR) is 119 cm³/mol. The molecule has 0 atom stereocenters. The number of methoxy groups -OCH3 is 1. The molecule has 0 aliphatic carbocycles. The highest BCUT2D eigenvalue weighted by Crippen LogP contribution is 2.33. The van der Waals surface area contributed by atoms with Crippen molar-refractivity contribution in [1.29, 1.82) is 0 Å². The molecule has 32 heavy (non-hydrogen) atoms. The maximum Gasteiger partial charge on any atom is 0.338 e. The predicted octanol–water partition coefficient (Wildman–Crippen LogP) is 3.86. The van der Waals surface area contributed by atoms with E-state index in [4.69, 9.17) is 4.74 Å². The number of amidine groups is 1. The second-order valence-electron chi connectivity index (χ2n) is 6.59. The maximum atomic E-state index is 14.0. The zero-order valence-corrected chi connectivity index (χ0v) is 18.4. The summed E-state index contributed by atoms with van der Waals surface area (Å²) in [6.45, 7) is 2.17. The summed E-state index contributed by atoms with van der Waals surface area (Å²) in [6, 6.07) is 12.7. The van der Waals surface area contributed by atoms with Crippen molar-refractivity contribution in [3.8, 4) is 0 Å². The van der Waals surface area contributed by atoms with Crippen LogP contribution in [0.4, 0.5) is 10.1 Å². The minimum Gasteiger partial charge on any atom is -0.466 e. The molecule has 0 aromatic heterocycles. The summed E-state index contributed by atoms with van der Waals surface area (Å²) in [7, 11) is 1.22. The molecule has 0 N–H and O–H groups in total. The standard InChI is InChI=1S/C23H21FN2O5S/c1-3-31-22(29)16-8-10-17(11-9-16)25-23-26(13-12-15-6-4-5-7-18(15)24)21(28)19(32-23)14-20(27)30-2/h4-11,14H,3,12-13H2,1-2H3. The van der Waals surface area contributed by atoms with Crippen molar-refractivity contribution in [2.45, 2.75) is 13.3 Å². The normalized spacial score (nSPS) is 16.0. The van der Waals surface area contributed by atoms with E-state index >= 15 is 0 Å². The van der Waals surface area contributed by atoms with Crippen LogP contribution in [0, 0.1) is 5.82 Å². The molecule has 0 unspecified atom stereocenters. The van der Waals surface area contributed by atoms with Gasteiger partial charge < -0.3 is 9.47 Å². The van der Waals surface area contributed by atoms with Gasteiger partial charge in [-0.05, 0) is 61.0 Å². The molecule has 1 saturated heterocycles. The van der Waals surface area contributed by atoms with Crippen LogP contribution >= 0.6 is 11.8 Å². The van der Waals surface area contributed by atoms with E-state index in [2.05, 4.69) is 9.73 Å². The second kappa shape index (κ2) is 10.7. The summed E-state index contributed by atoms with van der Waals surface area (Å²) in [5.74, 6) is -1.87. The molecule has 0 saturated carbocycles. The van der Waals surface area contributed by atoms with Gasteiger partial charge in [0.1, 0.15) is 5.82 Å². The lowest BCUT2D eigenvalue weighted by atomic mass is 10.1. The Hall–Kier alpha value is -3.46. The molecule has 0 bridgehead atoms. The van der Waals surface area contributed by atoms with Crippen LogP contribution in [0.15, 0.2) is 64.5 Å². The van der Waals surface area contributed by atoms with Gasteiger partial charge in [0.2, 0.25) is 0 Å². The molecule has 2 aromatic rings. The number of amides is 1. The minimum absolute atomic E-state index is 0.160. The quantitative estimate of drug-likeness (QED) is 0.465. The van der Waals surface area contributed by atoms with Crippen molar-refractivity contribution >= 4 is 40.5 Å². The Bertz CT molecular complexity index is 1080. The van der Waals surface area contributed by atoms with Crippen molar-refractivity contribution < 1.29 is 28.2 Å². The van der Waals surface area contributed by atoms with Crippen LogP contribution in [0.25, 0.3) is 0 Å². The first kappa shape index (κ1) is 23.2. The Kier molecular flexibility index (Phi) is 7.77. The van der Waals surface area contributed by atoms with E-state index in [0.717, 1.165) is 17.8 Å². The third-order valence-corrected chi connectivity index (χ3v) is 5.51. The summed E-state index contributed by atoms with van der Waals surface area (Å²) in [5, 5.41) is 0.338. The van der Waals surface area contributed by atoms with Crippen molar-refractivity contribution in [2.75, 3.05) is 20.3 Å². The van der Waals surface area contributed by atoms with Crippen molar-refractivity contribution in [1.82, 2.24) is 4.90 Å². The number of benzene rings is 2. The first-order valence-corrected chi connectivity index (χ1v) is 10.6. The summed E-state index contributed by atoms with van der Waals surface area (Å²) in [5.41, 5.74) is 1.35. The Labute approximate surface area is 188 Å². The zero-order valence-electron chi connectivity index (χ0n) is 17.5. The number of ether oxygens (including phenoxy) is 2. The average molecular weight is 456 g/mol. The van der Waals surface area contributed by atoms with Crippen molar-refractivity contribution in [3.63, 3.8) is 0 Å². The third-order valence-electron chi connectivity index (χ3n) is 4.50. The van der Waals surface area contributed by atoms with Crippen LogP contribution in [-0.2, 0) is 25.5 Å². The highest BCUT2D eigenvalue weighted by atomic mass is 32.2. The van der Waals surface area contributed by atoms with Gasteiger partial charge in [-0.25, -0.2) is 19.0 Å². The fourth-order valence-corrected chi connectivity index (χ4v) is 3.87. The van der Waals surface area contributed by atoms with Crippen molar-refractivity contribution in [3.05, 3.63) is 76.5 Å². The smallest absolute Gasteiger partial charge is 0.338 e. The number of halogens is 1. The van der Waals surface area contributed by atoms with Gasteiger partial charge in [-0.15, -0.1) is 0 Å². The molecule has 2 aromatic carbocycles. The van der Waals surface area contributed by atoms with E-state index in [1.807, 2.05) is 0 Å². The number of carbonyl (C=O) groups excluding carboxylic acids is 3. The van der Waals surface area contributed by atoms with Crippen LogP contribution in [0.1, 0.15) is 22.8 Å². The maximum absolute atomic E-state index is 14.0. The molecule has 1 fully saturated rings. The minimum atomic E-state index is -0.657. The van der Waals surface area contributed by atoms with E-state index in [1.54, 1.807) is 49.4 Å². The number of rotatable bonds is 7. The van der Waals surface area contributed by atoms with Gasteiger partial charge >= 0.3 is 11.9 Å². The Morgan fingerprint density at radius 3 is 2.53 bits per heavy atom. The fraction of sp³-hybridized carbons (Fsp3) is 0.217. The van der Waals surface area contributed by atoms with Crippen LogP contribution in [0.5, 0.6) is 0 Å². The molecule has 0 radical (unpaired) electrons. The number of aliphatic imine (C=N–C) groups is 1. The molecule has 1 heterocycles. The lowest BCUT2D eigenvalue weighted by Gasteiger charge is -2.16. The van der Waals surface area contributed by atoms with Gasteiger partial charge in [0, 0.05) is 12.6 Å². The Morgan fingerprint density at radius 2 is 1.88 bits per heavy atom. The molecule has 1 aliphatic heterocycles. The summed E-state index contributed by atoms with van der Waals surface area (Å²) >= 11 is 1.02. The molecule has 9 heteroatoms. The molecule has 3 rings (SSSR count). The fourth-order valence-electron chi connectivity index (χ4n) is 2.88. The number of thioether (sulfide) groups is 1. The number of carbonyl (C=O) groups is 3. The SMILES string of the molecule is CCOC(=O)c1ccc(N=C2SC(=CC(=O)OC)C(=O)N2CCc2ccccc2F)cc1. The van der Waals surface area contributed by atoms with Crippen LogP contribution in [-0.4, -0.2) is 48.2 Å². The summed E-state index contributed by atoms with van der Waals surface area (Å²) < 4.78 is 23.6. The van der Waals surface area contributed by atoms with E-state index in [0.29, 0.717) is 22.0 Å². The van der Waals surface area contributed by atoms with Gasteiger partial charge in [0.05, 0.1) is 29.9 Å². The molecule has 7 nitrogen and oxygen atoms in total. The van der Waals surface area contributed by atoms with Gasteiger partial charge in [0.25, 0.3) is 5.91 Å². The first-order chi connectivity index (χ1) is 15.4. The lowest BCUT2D eigenvalue weighted by Crippen LogP contribution is -2.31. The van der Waals surface area contributed by atoms with E-state index < -0.39 is 17.8 Å². The topological polar surface area (TPSA) is 85.3 Å². The van der Waals surface area contributed by atoms with E-state index in [-0.39, 0.29) is 30.3 Å². The van der Waals surface area contributed by atoms with Gasteiger partial charge in [-0.1, -0.05) is 18.2 Å². The van der Waals surface area contributed by atoms with E-state index in [9.17, 15) is 18.8 Å². The Morgan fingerprint density at radius 1 is 1.16 bits per heavy atom. The number of esters is 2. The van der Waals surface area contributed by atoms with Crippen LogP contribution in [0.2, 0.25) is 0 Å². The van der Waals surface area contributed by atoms with Crippen LogP contribution in [0.3, 0.4) is 0 Å². The Balaban J connectivity index is 1.86. The lowest BCUT2D eigenvalue weighted by molar-refractivity contribution is -0.135. The molecule has 0 spiro atoms. The first-order valence-electron chi connectivity index (χ1n) is 9.81. The van der Waals surface area contributed by atoms with Crippen molar-refractivity contribution in [2.24, 2.45) is 4.99 Å². The number of hydrogen-bond acceptors (Lipinski definition) is 7. The molecular weight excluding hydrogens is 435 g/mol. The largest absolute Gasteiger partial charge is 0.466 e. The van der Waals surface area contributed by atoms with Gasteiger partial charge in [-0.2, -0.15) is 0 Å². The number of nitrogens with zero attached hydrogens (tertiary/aromatic N) is 2. The molecule has 166 valence electrons. The summed E-state index contributed by atoms with van der Waals surface area (Å²) in [4.78, 5) is 42.4. The second-order valence-corrected chi connectivity index (χ2v) is 7.60. The average Bonchev–Trinajstić information content (AvgIpc) is 3.07. The molecular formula is C23H21FN2O5S. The van der Waals surface area contributed by atoms with Gasteiger partial charge in [0.15, 0.2) is 5.17 Å².